The molecule has 1 unspecified atom stereocenters. The number of hydrogen-bond acceptors (Lipinski definition) is 5. The third-order valence-corrected chi connectivity index (χ3v) is 4.66. The highest BCUT2D eigenvalue weighted by Crippen LogP contribution is 2.35. The lowest BCUT2D eigenvalue weighted by Gasteiger charge is -2.24. The van der Waals surface area contributed by atoms with Gasteiger partial charge in [-0.1, -0.05) is 12.1 Å². The van der Waals surface area contributed by atoms with E-state index in [1.165, 1.54) is 13.2 Å². The van der Waals surface area contributed by atoms with E-state index in [-0.39, 0.29) is 18.2 Å². The first-order chi connectivity index (χ1) is 11.2. The lowest BCUT2D eigenvalue weighted by atomic mass is 10.2. The van der Waals surface area contributed by atoms with Crippen LogP contribution in [-0.4, -0.2) is 30.0 Å². The van der Waals surface area contributed by atoms with E-state index in [2.05, 4.69) is 5.32 Å². The number of amides is 1. The van der Waals surface area contributed by atoms with Crippen LogP contribution >= 0.6 is 11.8 Å². The molecule has 2 aromatic rings. The number of nitrogens with one attached hydrogen (secondary N) is 1. The molecule has 2 aromatic carbocycles. The average molecular weight is 331 g/mol. The summed E-state index contributed by atoms with van der Waals surface area (Å²) in [5.41, 5.74) is 0.628. The highest BCUT2D eigenvalue weighted by Gasteiger charge is 2.26. The van der Waals surface area contributed by atoms with Gasteiger partial charge < -0.3 is 19.9 Å². The maximum Gasteiger partial charge on any atom is 0.262 e. The number of aromatic hydroxyl groups is 1. The Bertz CT molecular complexity index is 719. The van der Waals surface area contributed by atoms with Crippen LogP contribution in [0.5, 0.6) is 17.2 Å². The number of phenolic OH excluding ortho intramolecular Hbond substituents is 1. The monoisotopic (exact) mass is 331 g/mol. The lowest BCUT2D eigenvalue weighted by molar-refractivity contribution is -0.127. The summed E-state index contributed by atoms with van der Waals surface area (Å²) in [6.07, 6.45) is -0.532. The van der Waals surface area contributed by atoms with Crippen molar-refractivity contribution < 1.29 is 19.4 Å². The van der Waals surface area contributed by atoms with Gasteiger partial charge in [0.25, 0.3) is 5.91 Å². The molecule has 0 spiro atoms. The number of carbonyl (C=O) groups is 1. The van der Waals surface area contributed by atoms with E-state index in [0.717, 1.165) is 10.6 Å². The Morgan fingerprint density at radius 1 is 1.39 bits per heavy atom. The van der Waals surface area contributed by atoms with E-state index in [1.807, 2.05) is 24.3 Å². The lowest BCUT2D eigenvalue weighted by Crippen LogP contribution is -2.41. The number of methoxy groups -OCH3 is 1. The van der Waals surface area contributed by atoms with Crippen molar-refractivity contribution in [1.82, 2.24) is 5.32 Å². The summed E-state index contributed by atoms with van der Waals surface area (Å²) < 4.78 is 10.8. The number of phenols is 1. The van der Waals surface area contributed by atoms with E-state index in [4.69, 9.17) is 9.47 Å². The van der Waals surface area contributed by atoms with Crippen LogP contribution in [0.2, 0.25) is 0 Å². The highest BCUT2D eigenvalue weighted by atomic mass is 32.2. The van der Waals surface area contributed by atoms with Crippen molar-refractivity contribution in [3.05, 3.63) is 48.0 Å². The van der Waals surface area contributed by atoms with Gasteiger partial charge in [-0.3, -0.25) is 4.79 Å². The fraction of sp³-hybridized carbons (Fsp3) is 0.235. The van der Waals surface area contributed by atoms with Crippen LogP contribution < -0.4 is 14.8 Å². The molecule has 0 bridgehead atoms. The molecule has 2 N–H and O–H groups in total. The van der Waals surface area contributed by atoms with Gasteiger partial charge in [-0.25, -0.2) is 0 Å². The molecule has 1 amide bonds. The fourth-order valence-electron chi connectivity index (χ4n) is 2.27. The van der Waals surface area contributed by atoms with Gasteiger partial charge in [0.05, 0.1) is 7.11 Å². The largest absolute Gasteiger partial charge is 0.507 e. The van der Waals surface area contributed by atoms with E-state index in [1.54, 1.807) is 23.9 Å². The van der Waals surface area contributed by atoms with Gasteiger partial charge >= 0.3 is 0 Å². The molecule has 0 saturated heterocycles. The van der Waals surface area contributed by atoms with Crippen LogP contribution in [0.4, 0.5) is 0 Å². The van der Waals surface area contributed by atoms with Crippen molar-refractivity contribution in [3.8, 4) is 17.2 Å². The zero-order chi connectivity index (χ0) is 16.2. The molecular weight excluding hydrogens is 314 g/mol. The summed E-state index contributed by atoms with van der Waals surface area (Å²) in [6.45, 7) is 0.237. The van der Waals surface area contributed by atoms with Crippen molar-refractivity contribution in [2.75, 3.05) is 12.9 Å². The molecule has 120 valence electrons. The normalized spacial score (nSPS) is 16.1. The predicted octanol–water partition coefficient (Wildman–Crippen LogP) is 2.57. The van der Waals surface area contributed by atoms with Crippen LogP contribution in [-0.2, 0) is 11.3 Å². The second kappa shape index (κ2) is 6.83. The van der Waals surface area contributed by atoms with Crippen molar-refractivity contribution in [2.45, 2.75) is 17.5 Å². The van der Waals surface area contributed by atoms with E-state index in [9.17, 15) is 9.90 Å². The maximum atomic E-state index is 12.3. The summed E-state index contributed by atoms with van der Waals surface area (Å²) >= 11 is 1.60. The minimum atomic E-state index is -0.532. The van der Waals surface area contributed by atoms with Crippen molar-refractivity contribution in [2.24, 2.45) is 0 Å². The smallest absolute Gasteiger partial charge is 0.262 e. The van der Waals surface area contributed by atoms with Crippen LogP contribution in [0, 0.1) is 0 Å². The fourth-order valence-corrected chi connectivity index (χ4v) is 3.25. The Morgan fingerprint density at radius 3 is 3.00 bits per heavy atom. The third-order valence-electron chi connectivity index (χ3n) is 3.55. The Hall–Kier alpha value is -2.34. The van der Waals surface area contributed by atoms with Crippen LogP contribution in [0.1, 0.15) is 5.56 Å². The number of fused-ring (bicyclic) bond motifs is 1. The first-order valence-corrected chi connectivity index (χ1v) is 8.18. The van der Waals surface area contributed by atoms with Crippen LogP contribution in [0.3, 0.4) is 0 Å². The zero-order valence-corrected chi connectivity index (χ0v) is 13.4. The minimum Gasteiger partial charge on any atom is -0.507 e. The van der Waals surface area contributed by atoms with Crippen LogP contribution in [0.25, 0.3) is 0 Å². The molecule has 5 nitrogen and oxygen atoms in total. The van der Waals surface area contributed by atoms with Gasteiger partial charge in [-0.05, 0) is 24.3 Å². The molecule has 1 aliphatic rings. The molecule has 0 radical (unpaired) electrons. The topological polar surface area (TPSA) is 67.8 Å². The quantitative estimate of drug-likeness (QED) is 0.901. The van der Waals surface area contributed by atoms with Gasteiger partial charge in [-0.2, -0.15) is 0 Å². The van der Waals surface area contributed by atoms with E-state index < -0.39 is 6.10 Å². The summed E-state index contributed by atoms with van der Waals surface area (Å²) in [7, 11) is 1.53. The maximum absolute atomic E-state index is 12.3. The molecule has 0 aliphatic carbocycles. The predicted molar refractivity (Wildman–Crippen MR) is 88.1 cm³/mol. The average Bonchev–Trinajstić information content (AvgIpc) is 2.59. The van der Waals surface area contributed by atoms with E-state index in [0.29, 0.717) is 17.1 Å². The number of thioether (sulfide) groups is 1. The summed E-state index contributed by atoms with van der Waals surface area (Å²) in [6, 6.07) is 12.6. The minimum absolute atomic E-state index is 0.0916. The van der Waals surface area contributed by atoms with E-state index >= 15 is 0 Å². The molecule has 23 heavy (non-hydrogen) atoms. The third kappa shape index (κ3) is 3.53. The molecule has 6 heteroatoms. The summed E-state index contributed by atoms with van der Waals surface area (Å²) in [5.74, 6) is 1.77. The molecule has 0 saturated carbocycles. The molecular formula is C17H17NO4S. The van der Waals surface area contributed by atoms with Crippen LogP contribution in [0.15, 0.2) is 47.4 Å². The second-order valence-electron chi connectivity index (χ2n) is 5.08. The number of rotatable bonds is 4. The Morgan fingerprint density at radius 2 is 2.22 bits per heavy atom. The second-order valence-corrected chi connectivity index (χ2v) is 6.14. The van der Waals surface area contributed by atoms with Gasteiger partial charge in [-0.15, -0.1) is 11.8 Å². The van der Waals surface area contributed by atoms with Gasteiger partial charge in [0.1, 0.15) is 17.2 Å². The molecule has 3 rings (SSSR count). The Labute approximate surface area is 138 Å². The van der Waals surface area contributed by atoms with Crippen molar-refractivity contribution in [1.29, 1.82) is 0 Å². The number of ether oxygens (including phenoxy) is 2. The summed E-state index contributed by atoms with van der Waals surface area (Å²) in [4.78, 5) is 13.3. The number of carbonyl (C=O) groups excluding carboxylic acids is 1. The summed E-state index contributed by atoms with van der Waals surface area (Å²) in [5, 5.41) is 12.7. The SMILES string of the molecule is COc1ccc(CNC(=O)C2CSc3ccccc3O2)c(O)c1. The number of para-hydroxylation sites is 1. The highest BCUT2D eigenvalue weighted by molar-refractivity contribution is 7.99. The first-order valence-electron chi connectivity index (χ1n) is 7.19. The van der Waals surface area contributed by atoms with Gasteiger partial charge in [0.15, 0.2) is 6.10 Å². The zero-order valence-electron chi connectivity index (χ0n) is 12.6. The Balaban J connectivity index is 1.60. The van der Waals surface area contributed by atoms with Gasteiger partial charge in [0.2, 0.25) is 0 Å². The molecule has 0 aromatic heterocycles. The molecule has 1 atom stereocenters. The number of benzene rings is 2. The standard InChI is InChI=1S/C17H17NO4S/c1-21-12-7-6-11(13(19)8-12)9-18-17(20)15-10-23-16-5-3-2-4-14(16)22-15/h2-8,15,19H,9-10H2,1H3,(H,18,20). The molecule has 1 aliphatic heterocycles. The number of hydrogen-bond donors (Lipinski definition) is 2. The van der Waals surface area contributed by atoms with Crippen molar-refractivity contribution >= 4 is 17.7 Å². The van der Waals surface area contributed by atoms with Crippen molar-refractivity contribution in [3.63, 3.8) is 0 Å². The molecule has 0 fully saturated rings. The first kappa shape index (κ1) is 15.6. The Kier molecular flexibility index (Phi) is 4.62. The molecule has 1 heterocycles. The van der Waals surface area contributed by atoms with Gasteiger partial charge in [0, 0.05) is 28.8 Å².